The molecule has 2 aliphatic rings. The van der Waals surface area contributed by atoms with Crippen molar-refractivity contribution in [2.45, 2.75) is 44.4 Å². The Labute approximate surface area is 211 Å². The van der Waals surface area contributed by atoms with Gasteiger partial charge >= 0.3 is 0 Å². The molecule has 10 heteroatoms. The number of pyridine rings is 1. The van der Waals surface area contributed by atoms with Crippen LogP contribution in [0, 0.1) is 18.3 Å². The van der Waals surface area contributed by atoms with Gasteiger partial charge in [-0.05, 0) is 55.9 Å². The number of nitrogen functional groups attached to an aromatic ring is 2. The molecule has 0 bridgehead atoms. The van der Waals surface area contributed by atoms with Gasteiger partial charge in [-0.1, -0.05) is 17.3 Å². The standard InChI is InChI=1S/C27H27N7O3/c1-13-18(11-37-33-13)17-9-15-3-2-14(8-20(15)32-25(17)29)4-6-27-10-19(27)21(22(35)23(27)36)34-7-5-16-24(28)30-12-31-26(16)34/h2-3,5,7-9,11-12,19,21-23,35-36H,4,6,10H2,1H3,(H2,29,32)(H2,28,30,31)/t19?,21-,22+,23+,27-/m1/s1. The Morgan fingerprint density at radius 1 is 1.11 bits per heavy atom. The van der Waals surface area contributed by atoms with Crippen molar-refractivity contribution in [2.75, 3.05) is 11.5 Å². The number of nitrogens with zero attached hydrogens (tertiary/aromatic N) is 5. The molecule has 2 aliphatic carbocycles. The van der Waals surface area contributed by atoms with E-state index >= 15 is 0 Å². The fourth-order valence-corrected chi connectivity index (χ4v) is 6.47. The lowest BCUT2D eigenvalue weighted by atomic mass is 9.91. The van der Waals surface area contributed by atoms with E-state index in [2.05, 4.69) is 32.2 Å². The average Bonchev–Trinajstić information content (AvgIpc) is 3.11. The molecule has 37 heavy (non-hydrogen) atoms. The van der Waals surface area contributed by atoms with Gasteiger partial charge in [0.1, 0.15) is 36.0 Å². The van der Waals surface area contributed by atoms with Crippen LogP contribution in [0.5, 0.6) is 0 Å². The monoisotopic (exact) mass is 497 g/mol. The molecule has 6 N–H and O–H groups in total. The summed E-state index contributed by atoms with van der Waals surface area (Å²) in [4.78, 5) is 13.1. The molecule has 4 heterocycles. The second-order valence-electron chi connectivity index (χ2n) is 10.5. The van der Waals surface area contributed by atoms with Crippen LogP contribution in [0.4, 0.5) is 11.6 Å². The van der Waals surface area contributed by atoms with Gasteiger partial charge in [0.2, 0.25) is 0 Å². The number of anilines is 2. The van der Waals surface area contributed by atoms with Gasteiger partial charge in [-0.25, -0.2) is 15.0 Å². The summed E-state index contributed by atoms with van der Waals surface area (Å²) in [6.07, 6.45) is 5.62. The van der Waals surface area contributed by atoms with E-state index < -0.39 is 12.2 Å². The summed E-state index contributed by atoms with van der Waals surface area (Å²) in [5.41, 5.74) is 17.0. The van der Waals surface area contributed by atoms with Gasteiger partial charge in [0, 0.05) is 28.1 Å². The predicted molar refractivity (Wildman–Crippen MR) is 138 cm³/mol. The fourth-order valence-electron chi connectivity index (χ4n) is 6.47. The molecule has 2 saturated carbocycles. The van der Waals surface area contributed by atoms with Gasteiger partial charge in [-0.3, -0.25) is 0 Å². The lowest BCUT2D eigenvalue weighted by Crippen LogP contribution is -2.34. The molecule has 5 aromatic rings. The van der Waals surface area contributed by atoms with Gasteiger partial charge in [-0.15, -0.1) is 0 Å². The molecular formula is C27H27N7O3. The number of benzene rings is 1. The van der Waals surface area contributed by atoms with Crippen molar-refractivity contribution >= 4 is 33.6 Å². The van der Waals surface area contributed by atoms with E-state index in [0.717, 1.165) is 57.9 Å². The molecule has 0 aliphatic heterocycles. The van der Waals surface area contributed by atoms with Crippen LogP contribution in [-0.4, -0.2) is 47.1 Å². The first-order valence-electron chi connectivity index (χ1n) is 12.4. The van der Waals surface area contributed by atoms with E-state index in [-0.39, 0.29) is 17.4 Å². The summed E-state index contributed by atoms with van der Waals surface area (Å²) in [6.45, 7) is 1.87. The molecule has 5 atom stereocenters. The van der Waals surface area contributed by atoms with E-state index in [9.17, 15) is 10.2 Å². The summed E-state index contributed by atoms with van der Waals surface area (Å²) in [6, 6.07) is 9.82. The maximum atomic E-state index is 11.1. The number of hydrogen-bond acceptors (Lipinski definition) is 9. The van der Waals surface area contributed by atoms with Crippen molar-refractivity contribution in [3.63, 3.8) is 0 Å². The molecule has 0 spiro atoms. The molecule has 0 radical (unpaired) electrons. The lowest BCUT2D eigenvalue weighted by molar-refractivity contribution is -0.0191. The minimum Gasteiger partial charge on any atom is -0.390 e. The number of aromatic nitrogens is 5. The first-order chi connectivity index (χ1) is 17.9. The van der Waals surface area contributed by atoms with Crippen LogP contribution in [0.2, 0.25) is 0 Å². The molecule has 10 nitrogen and oxygen atoms in total. The van der Waals surface area contributed by atoms with Crippen LogP contribution < -0.4 is 11.5 Å². The van der Waals surface area contributed by atoms with Gasteiger partial charge < -0.3 is 30.8 Å². The van der Waals surface area contributed by atoms with Gasteiger partial charge in [-0.2, -0.15) is 0 Å². The summed E-state index contributed by atoms with van der Waals surface area (Å²) in [5, 5.41) is 27.8. The molecule has 7 rings (SSSR count). The van der Waals surface area contributed by atoms with Crippen LogP contribution in [-0.2, 0) is 6.42 Å². The Hall–Kier alpha value is -4.02. The second-order valence-corrected chi connectivity index (χ2v) is 10.5. The zero-order valence-corrected chi connectivity index (χ0v) is 20.2. The van der Waals surface area contributed by atoms with Crippen molar-refractivity contribution in [2.24, 2.45) is 11.3 Å². The van der Waals surface area contributed by atoms with E-state index in [1.807, 2.05) is 35.9 Å². The SMILES string of the molecule is Cc1nocc1-c1cc2ccc(CC[C@@]34CC3[C@@H](n3ccc5c(N)ncnc53)[C@H](O)[C@@H]4O)cc2nc1N. The van der Waals surface area contributed by atoms with E-state index in [4.69, 9.17) is 16.0 Å². The molecule has 1 aromatic carbocycles. The molecular weight excluding hydrogens is 470 g/mol. The topological polar surface area (TPSA) is 162 Å². The number of hydrogen-bond donors (Lipinski definition) is 4. The summed E-state index contributed by atoms with van der Waals surface area (Å²) in [5.74, 6) is 0.998. The average molecular weight is 498 g/mol. The third kappa shape index (κ3) is 3.19. The third-order valence-electron chi connectivity index (χ3n) is 8.55. The number of fused-ring (bicyclic) bond motifs is 3. The predicted octanol–water partition coefficient (Wildman–Crippen LogP) is 3.02. The van der Waals surface area contributed by atoms with Crippen LogP contribution >= 0.6 is 0 Å². The number of aliphatic hydroxyl groups is 2. The van der Waals surface area contributed by atoms with E-state index in [1.54, 1.807) is 6.26 Å². The third-order valence-corrected chi connectivity index (χ3v) is 8.55. The molecule has 0 saturated heterocycles. The molecule has 4 aromatic heterocycles. The lowest BCUT2D eigenvalue weighted by Gasteiger charge is -2.24. The minimum absolute atomic E-state index is 0.160. The first-order valence-corrected chi connectivity index (χ1v) is 12.4. The van der Waals surface area contributed by atoms with Crippen LogP contribution in [0.25, 0.3) is 33.1 Å². The van der Waals surface area contributed by atoms with Crippen molar-refractivity contribution in [1.82, 2.24) is 24.7 Å². The van der Waals surface area contributed by atoms with Gasteiger partial charge in [0.05, 0.1) is 28.7 Å². The number of aryl methyl sites for hydroxylation is 2. The summed E-state index contributed by atoms with van der Waals surface area (Å²) < 4.78 is 7.03. The smallest absolute Gasteiger partial charge is 0.145 e. The zero-order chi connectivity index (χ0) is 25.5. The number of nitrogens with two attached hydrogens (primary N) is 2. The molecule has 0 amide bonds. The Kier molecular flexibility index (Phi) is 4.64. The molecule has 1 unspecified atom stereocenters. The van der Waals surface area contributed by atoms with Gasteiger partial charge in [0.15, 0.2) is 0 Å². The Balaban J connectivity index is 1.14. The van der Waals surface area contributed by atoms with Crippen molar-refractivity contribution in [3.8, 4) is 11.1 Å². The second kappa shape index (κ2) is 7.74. The molecule has 188 valence electrons. The molecule has 2 fully saturated rings. The van der Waals surface area contributed by atoms with Crippen molar-refractivity contribution in [3.05, 3.63) is 60.4 Å². The highest BCUT2D eigenvalue weighted by Gasteiger charge is 2.70. The Morgan fingerprint density at radius 2 is 1.97 bits per heavy atom. The quantitative estimate of drug-likeness (QED) is 0.286. The largest absolute Gasteiger partial charge is 0.390 e. The first kappa shape index (κ1) is 22.2. The Morgan fingerprint density at radius 3 is 2.78 bits per heavy atom. The minimum atomic E-state index is -0.872. The van der Waals surface area contributed by atoms with Crippen molar-refractivity contribution in [1.29, 1.82) is 0 Å². The van der Waals surface area contributed by atoms with Crippen LogP contribution in [0.3, 0.4) is 0 Å². The maximum Gasteiger partial charge on any atom is 0.145 e. The number of aliphatic hydroxyl groups excluding tert-OH is 2. The van der Waals surface area contributed by atoms with E-state index in [1.165, 1.54) is 6.33 Å². The maximum absolute atomic E-state index is 11.1. The fraction of sp³-hybridized carbons (Fsp3) is 0.333. The highest BCUT2D eigenvalue weighted by molar-refractivity contribution is 5.89. The zero-order valence-electron chi connectivity index (χ0n) is 20.2. The normalized spacial score (nSPS) is 26.7. The van der Waals surface area contributed by atoms with E-state index in [0.29, 0.717) is 17.3 Å². The highest BCUT2D eigenvalue weighted by atomic mass is 16.5. The highest BCUT2D eigenvalue weighted by Crippen LogP contribution is 2.69. The van der Waals surface area contributed by atoms with Crippen LogP contribution in [0.1, 0.15) is 30.1 Å². The number of rotatable bonds is 5. The summed E-state index contributed by atoms with van der Waals surface area (Å²) in [7, 11) is 0. The van der Waals surface area contributed by atoms with Crippen molar-refractivity contribution < 1.29 is 14.7 Å². The summed E-state index contributed by atoms with van der Waals surface area (Å²) >= 11 is 0. The van der Waals surface area contributed by atoms with Crippen LogP contribution in [0.15, 0.2) is 53.6 Å². The van der Waals surface area contributed by atoms with Gasteiger partial charge in [0.25, 0.3) is 0 Å². The Bertz CT molecular complexity index is 1680.